The molecule has 0 aliphatic rings. The predicted molar refractivity (Wildman–Crippen MR) is 93.1 cm³/mol. The zero-order valence-corrected chi connectivity index (χ0v) is 14.0. The number of nitrogens with one attached hydrogen (secondary N) is 1. The number of thioether (sulfide) groups is 1. The van der Waals surface area contributed by atoms with E-state index in [0.717, 1.165) is 16.5 Å². The van der Waals surface area contributed by atoms with Gasteiger partial charge in [0.2, 0.25) is 5.91 Å². The van der Waals surface area contributed by atoms with E-state index in [9.17, 15) is 14.9 Å². The smallest absolute Gasteiger partial charge is 0.270 e. The highest BCUT2D eigenvalue weighted by Crippen LogP contribution is 2.23. The highest BCUT2D eigenvalue weighted by molar-refractivity contribution is 8.00. The Balaban J connectivity index is 2.03. The van der Waals surface area contributed by atoms with Gasteiger partial charge in [-0.05, 0) is 43.2 Å². The number of carbonyl (C=O) groups is 1. The van der Waals surface area contributed by atoms with Gasteiger partial charge in [0.15, 0.2) is 0 Å². The maximum Gasteiger partial charge on any atom is 0.270 e. The molecule has 0 aromatic heterocycles. The van der Waals surface area contributed by atoms with Crippen molar-refractivity contribution in [1.29, 1.82) is 5.26 Å². The van der Waals surface area contributed by atoms with Gasteiger partial charge in [0.25, 0.3) is 5.69 Å². The van der Waals surface area contributed by atoms with Gasteiger partial charge in [-0.1, -0.05) is 6.07 Å². The van der Waals surface area contributed by atoms with E-state index >= 15 is 0 Å². The number of nitrogens with zero attached hydrogens (tertiary/aromatic N) is 2. The molecular weight excluding hydrogens is 326 g/mol. The number of nitro benzene ring substituents is 1. The summed E-state index contributed by atoms with van der Waals surface area (Å²) in [5.41, 5.74) is 2.49. The zero-order chi connectivity index (χ0) is 17.7. The fraction of sp³-hybridized carbons (Fsp3) is 0.176. The van der Waals surface area contributed by atoms with Crippen LogP contribution in [0.3, 0.4) is 0 Å². The Bertz CT molecular complexity index is 843. The van der Waals surface area contributed by atoms with Crippen LogP contribution in [0.4, 0.5) is 11.4 Å². The Morgan fingerprint density at radius 2 is 2.00 bits per heavy atom. The van der Waals surface area contributed by atoms with Crippen molar-refractivity contribution in [2.24, 2.45) is 0 Å². The third kappa shape index (κ3) is 4.33. The molecule has 2 aromatic rings. The molecule has 0 fully saturated rings. The molecule has 0 aliphatic heterocycles. The molecule has 0 aliphatic carbocycles. The van der Waals surface area contributed by atoms with Gasteiger partial charge >= 0.3 is 0 Å². The second kappa shape index (κ2) is 7.62. The lowest BCUT2D eigenvalue weighted by Crippen LogP contribution is -2.15. The minimum Gasteiger partial charge on any atom is -0.324 e. The normalized spacial score (nSPS) is 10.0. The van der Waals surface area contributed by atoms with E-state index in [-0.39, 0.29) is 28.6 Å². The fourth-order valence-electron chi connectivity index (χ4n) is 1.99. The molecule has 0 radical (unpaired) electrons. The Morgan fingerprint density at radius 3 is 2.62 bits per heavy atom. The summed E-state index contributed by atoms with van der Waals surface area (Å²) < 4.78 is 0. The molecule has 2 aromatic carbocycles. The molecule has 1 N–H and O–H groups in total. The van der Waals surface area contributed by atoms with E-state index in [1.807, 2.05) is 38.1 Å². The zero-order valence-electron chi connectivity index (χ0n) is 13.2. The Hall–Kier alpha value is -2.85. The summed E-state index contributed by atoms with van der Waals surface area (Å²) in [4.78, 5) is 23.2. The second-order valence-electron chi connectivity index (χ2n) is 5.18. The average molecular weight is 341 g/mol. The van der Waals surface area contributed by atoms with Crippen LogP contribution in [0.25, 0.3) is 0 Å². The number of carbonyl (C=O) groups excluding carboxylic acids is 1. The van der Waals surface area contributed by atoms with Crippen molar-refractivity contribution < 1.29 is 9.72 Å². The van der Waals surface area contributed by atoms with Crippen molar-refractivity contribution in [3.05, 3.63) is 63.2 Å². The van der Waals surface area contributed by atoms with Crippen LogP contribution in [-0.2, 0) is 4.79 Å². The standard InChI is InChI=1S/C17H15N3O3S/c1-11-3-5-15(7-12(11)2)24-10-17(21)19-16-6-4-14(20(22)23)8-13(16)9-18/h3-8H,10H2,1-2H3,(H,19,21). The first-order valence-electron chi connectivity index (χ1n) is 7.09. The molecule has 24 heavy (non-hydrogen) atoms. The summed E-state index contributed by atoms with van der Waals surface area (Å²) in [6.45, 7) is 4.03. The van der Waals surface area contributed by atoms with Crippen molar-refractivity contribution in [3.63, 3.8) is 0 Å². The second-order valence-corrected chi connectivity index (χ2v) is 6.23. The van der Waals surface area contributed by atoms with Gasteiger partial charge in [0, 0.05) is 17.0 Å². The summed E-state index contributed by atoms with van der Waals surface area (Å²) in [5.74, 6) is -0.0896. The van der Waals surface area contributed by atoms with Crippen LogP contribution in [0.5, 0.6) is 0 Å². The molecule has 6 nitrogen and oxygen atoms in total. The van der Waals surface area contributed by atoms with Crippen LogP contribution < -0.4 is 5.32 Å². The van der Waals surface area contributed by atoms with E-state index in [0.29, 0.717) is 0 Å². The number of aryl methyl sites for hydroxylation is 2. The molecule has 0 unspecified atom stereocenters. The number of rotatable bonds is 5. The van der Waals surface area contributed by atoms with Crippen LogP contribution in [0, 0.1) is 35.3 Å². The van der Waals surface area contributed by atoms with Gasteiger partial charge in [0.05, 0.1) is 21.9 Å². The molecule has 0 saturated carbocycles. The van der Waals surface area contributed by atoms with Crippen molar-refractivity contribution in [1.82, 2.24) is 0 Å². The molecule has 2 rings (SSSR count). The van der Waals surface area contributed by atoms with Gasteiger partial charge in [-0.15, -0.1) is 11.8 Å². The van der Waals surface area contributed by atoms with Gasteiger partial charge in [-0.3, -0.25) is 14.9 Å². The van der Waals surface area contributed by atoms with Crippen LogP contribution in [0.15, 0.2) is 41.3 Å². The monoisotopic (exact) mass is 341 g/mol. The van der Waals surface area contributed by atoms with Crippen molar-refractivity contribution >= 4 is 29.0 Å². The highest BCUT2D eigenvalue weighted by atomic mass is 32.2. The summed E-state index contributed by atoms with van der Waals surface area (Å²) >= 11 is 1.39. The minimum atomic E-state index is -0.581. The highest BCUT2D eigenvalue weighted by Gasteiger charge is 2.13. The summed E-state index contributed by atoms with van der Waals surface area (Å²) in [6.07, 6.45) is 0. The predicted octanol–water partition coefficient (Wildman–Crippen LogP) is 3.81. The molecule has 0 atom stereocenters. The summed E-state index contributed by atoms with van der Waals surface area (Å²) in [6, 6.07) is 11.6. The van der Waals surface area contributed by atoms with E-state index in [4.69, 9.17) is 5.26 Å². The number of nitro groups is 1. The van der Waals surface area contributed by atoms with Gasteiger partial charge in [-0.2, -0.15) is 5.26 Å². The molecule has 0 saturated heterocycles. The maximum atomic E-state index is 12.0. The van der Waals surface area contributed by atoms with Gasteiger partial charge < -0.3 is 5.32 Å². The fourth-order valence-corrected chi connectivity index (χ4v) is 2.78. The Labute approximate surface area is 143 Å². The lowest BCUT2D eigenvalue weighted by molar-refractivity contribution is -0.384. The third-order valence-electron chi connectivity index (χ3n) is 3.46. The minimum absolute atomic E-state index is 0.0636. The van der Waals surface area contributed by atoms with Gasteiger partial charge in [-0.25, -0.2) is 0 Å². The van der Waals surface area contributed by atoms with E-state index in [2.05, 4.69) is 5.32 Å². The Morgan fingerprint density at radius 1 is 1.25 bits per heavy atom. The van der Waals surface area contributed by atoms with Crippen LogP contribution in [-0.4, -0.2) is 16.6 Å². The van der Waals surface area contributed by atoms with E-state index in [1.54, 1.807) is 0 Å². The molecule has 7 heteroatoms. The quantitative estimate of drug-likeness (QED) is 0.507. The number of benzene rings is 2. The van der Waals surface area contributed by atoms with Crippen molar-refractivity contribution in [2.75, 3.05) is 11.1 Å². The molecule has 0 bridgehead atoms. The topological polar surface area (TPSA) is 96.0 Å². The van der Waals surface area contributed by atoms with Gasteiger partial charge in [0.1, 0.15) is 6.07 Å². The SMILES string of the molecule is Cc1ccc(SCC(=O)Nc2ccc([N+](=O)[O-])cc2C#N)cc1C. The van der Waals surface area contributed by atoms with E-state index in [1.165, 1.54) is 29.5 Å². The number of hydrogen-bond donors (Lipinski definition) is 1. The lowest BCUT2D eigenvalue weighted by Gasteiger charge is -2.08. The van der Waals surface area contributed by atoms with Crippen LogP contribution in [0.1, 0.15) is 16.7 Å². The van der Waals surface area contributed by atoms with Crippen LogP contribution in [0.2, 0.25) is 0 Å². The van der Waals surface area contributed by atoms with Crippen molar-refractivity contribution in [3.8, 4) is 6.07 Å². The number of hydrogen-bond acceptors (Lipinski definition) is 5. The first kappa shape index (κ1) is 17.5. The summed E-state index contributed by atoms with van der Waals surface area (Å²) in [5, 5.41) is 22.4. The largest absolute Gasteiger partial charge is 0.324 e. The first-order valence-corrected chi connectivity index (χ1v) is 8.07. The van der Waals surface area contributed by atoms with Crippen molar-refractivity contribution in [2.45, 2.75) is 18.7 Å². The third-order valence-corrected chi connectivity index (χ3v) is 4.45. The van der Waals surface area contributed by atoms with E-state index < -0.39 is 4.92 Å². The Kier molecular flexibility index (Phi) is 5.55. The molecule has 1 amide bonds. The number of anilines is 1. The number of amides is 1. The molecular formula is C17H15N3O3S. The molecule has 0 heterocycles. The number of nitriles is 1. The first-order chi connectivity index (χ1) is 11.4. The maximum absolute atomic E-state index is 12.0. The number of non-ortho nitro benzene ring substituents is 1. The molecule has 122 valence electrons. The average Bonchev–Trinajstić information content (AvgIpc) is 2.56. The summed E-state index contributed by atoms with van der Waals surface area (Å²) in [7, 11) is 0. The van der Waals surface area contributed by atoms with Crippen LogP contribution >= 0.6 is 11.8 Å². The molecule has 0 spiro atoms. The lowest BCUT2D eigenvalue weighted by atomic mass is 10.1.